The summed E-state index contributed by atoms with van der Waals surface area (Å²) in [5, 5.41) is 0. The second-order valence-electron chi connectivity index (χ2n) is 5.93. The summed E-state index contributed by atoms with van der Waals surface area (Å²) < 4.78 is 18.4. The molecule has 0 spiro atoms. The van der Waals surface area contributed by atoms with E-state index in [4.69, 9.17) is 4.74 Å². The fourth-order valence-corrected chi connectivity index (χ4v) is 2.57. The van der Waals surface area contributed by atoms with Crippen LogP contribution in [0.25, 0.3) is 0 Å². The summed E-state index contributed by atoms with van der Waals surface area (Å²) >= 11 is 0. The molecule has 0 aliphatic carbocycles. The third kappa shape index (κ3) is 5.07. The number of hydrogen-bond acceptors (Lipinski definition) is 3. The van der Waals surface area contributed by atoms with E-state index in [1.165, 1.54) is 6.07 Å². The lowest BCUT2D eigenvalue weighted by Gasteiger charge is -2.30. The molecule has 0 aromatic heterocycles. The van der Waals surface area contributed by atoms with Gasteiger partial charge in [-0.3, -0.25) is 9.69 Å². The third-order valence-electron chi connectivity index (χ3n) is 4.24. The first-order valence-electron chi connectivity index (χ1n) is 7.86. The van der Waals surface area contributed by atoms with Crippen LogP contribution in [-0.4, -0.2) is 61.6 Å². The third-order valence-corrected chi connectivity index (χ3v) is 4.24. The number of likely N-dealkylation sites (N-methyl/N-ethyl adjacent to an activating group) is 1. The molecule has 0 saturated carbocycles. The van der Waals surface area contributed by atoms with E-state index in [2.05, 4.69) is 11.8 Å². The monoisotopic (exact) mass is 308 g/mol. The molecule has 1 aliphatic rings. The van der Waals surface area contributed by atoms with Crippen LogP contribution in [0.5, 0.6) is 0 Å². The molecule has 1 atom stereocenters. The normalized spacial score (nSPS) is 16.8. The lowest BCUT2D eigenvalue weighted by Crippen LogP contribution is -2.46. The Morgan fingerprint density at radius 1 is 1.41 bits per heavy atom. The lowest BCUT2D eigenvalue weighted by atomic mass is 10.1. The molecule has 2 rings (SSSR count). The van der Waals surface area contributed by atoms with E-state index in [9.17, 15) is 9.18 Å². The molecule has 0 radical (unpaired) electrons. The summed E-state index contributed by atoms with van der Waals surface area (Å²) in [4.78, 5) is 16.1. The molecular weight excluding hydrogens is 283 g/mol. The molecule has 0 N–H and O–H groups in total. The Morgan fingerprint density at radius 3 is 2.82 bits per heavy atom. The van der Waals surface area contributed by atoms with Gasteiger partial charge in [0.2, 0.25) is 5.91 Å². The van der Waals surface area contributed by atoms with Crippen molar-refractivity contribution in [3.8, 4) is 0 Å². The Kier molecular flexibility index (Phi) is 6.34. The molecule has 1 aromatic rings. The number of benzene rings is 1. The number of carbonyl (C=O) groups is 1. The quantitative estimate of drug-likeness (QED) is 0.805. The zero-order valence-electron chi connectivity index (χ0n) is 13.4. The highest BCUT2D eigenvalue weighted by Gasteiger charge is 2.20. The van der Waals surface area contributed by atoms with Crippen LogP contribution in [0.3, 0.4) is 0 Å². The Hall–Kier alpha value is -1.46. The van der Waals surface area contributed by atoms with Crippen LogP contribution in [-0.2, 0) is 16.0 Å². The first-order valence-corrected chi connectivity index (χ1v) is 7.86. The smallest absolute Gasteiger partial charge is 0.236 e. The van der Waals surface area contributed by atoms with E-state index in [0.29, 0.717) is 32.8 Å². The zero-order valence-corrected chi connectivity index (χ0v) is 13.4. The predicted molar refractivity (Wildman–Crippen MR) is 84.2 cm³/mol. The summed E-state index contributed by atoms with van der Waals surface area (Å²) in [7, 11) is 1.97. The molecule has 1 aromatic carbocycles. The van der Waals surface area contributed by atoms with Gasteiger partial charge >= 0.3 is 0 Å². The summed E-state index contributed by atoms with van der Waals surface area (Å²) in [5.74, 6) is -0.0376. The topological polar surface area (TPSA) is 32.8 Å². The fourth-order valence-electron chi connectivity index (χ4n) is 2.57. The van der Waals surface area contributed by atoms with Gasteiger partial charge in [-0.05, 0) is 44.5 Å². The number of carbonyl (C=O) groups excluding carboxylic acids is 1. The van der Waals surface area contributed by atoms with Crippen molar-refractivity contribution in [3.63, 3.8) is 0 Å². The molecular formula is C17H25FN2O2. The maximum atomic E-state index is 13.2. The van der Waals surface area contributed by atoms with Crippen molar-refractivity contribution in [3.05, 3.63) is 35.6 Å². The van der Waals surface area contributed by atoms with E-state index in [-0.39, 0.29) is 17.8 Å². The number of halogens is 1. The van der Waals surface area contributed by atoms with Gasteiger partial charge in [0.15, 0.2) is 0 Å². The molecule has 0 unspecified atom stereocenters. The Labute approximate surface area is 131 Å². The van der Waals surface area contributed by atoms with Crippen molar-refractivity contribution >= 4 is 5.91 Å². The number of nitrogens with zero attached hydrogens (tertiary/aromatic N) is 2. The highest BCUT2D eigenvalue weighted by atomic mass is 19.1. The van der Waals surface area contributed by atoms with Gasteiger partial charge in [-0.25, -0.2) is 4.39 Å². The van der Waals surface area contributed by atoms with Gasteiger partial charge in [0.05, 0.1) is 19.8 Å². The average Bonchev–Trinajstić information content (AvgIpc) is 2.53. The van der Waals surface area contributed by atoms with E-state index in [1.807, 2.05) is 18.0 Å². The van der Waals surface area contributed by atoms with Crippen LogP contribution >= 0.6 is 0 Å². The maximum Gasteiger partial charge on any atom is 0.236 e. The minimum atomic E-state index is -0.194. The van der Waals surface area contributed by atoms with Gasteiger partial charge in [0.25, 0.3) is 0 Å². The summed E-state index contributed by atoms with van der Waals surface area (Å²) in [6.45, 7) is 5.15. The number of hydrogen-bond donors (Lipinski definition) is 0. The highest BCUT2D eigenvalue weighted by molar-refractivity contribution is 5.78. The van der Waals surface area contributed by atoms with Gasteiger partial charge in [0.1, 0.15) is 5.82 Å². The van der Waals surface area contributed by atoms with E-state index in [0.717, 1.165) is 18.4 Å². The molecule has 4 nitrogen and oxygen atoms in total. The van der Waals surface area contributed by atoms with Crippen LogP contribution in [0.2, 0.25) is 0 Å². The average molecular weight is 308 g/mol. The van der Waals surface area contributed by atoms with Crippen LogP contribution in [0.1, 0.15) is 18.9 Å². The van der Waals surface area contributed by atoms with Crippen LogP contribution in [0.4, 0.5) is 4.39 Å². The van der Waals surface area contributed by atoms with Gasteiger partial charge in [-0.2, -0.15) is 0 Å². The summed E-state index contributed by atoms with van der Waals surface area (Å²) in [6.07, 6.45) is 1.71. The van der Waals surface area contributed by atoms with Crippen molar-refractivity contribution in [2.75, 3.05) is 39.9 Å². The lowest BCUT2D eigenvalue weighted by molar-refractivity contribution is -0.136. The fraction of sp³-hybridized carbons (Fsp3) is 0.588. The van der Waals surface area contributed by atoms with Crippen molar-refractivity contribution in [2.45, 2.75) is 25.8 Å². The van der Waals surface area contributed by atoms with Crippen molar-refractivity contribution in [2.24, 2.45) is 0 Å². The molecule has 1 amide bonds. The number of amides is 1. The van der Waals surface area contributed by atoms with Crippen molar-refractivity contribution in [1.29, 1.82) is 0 Å². The highest BCUT2D eigenvalue weighted by Crippen LogP contribution is 2.11. The van der Waals surface area contributed by atoms with Gasteiger partial charge in [-0.1, -0.05) is 12.1 Å². The second kappa shape index (κ2) is 8.25. The number of morpholine rings is 1. The Morgan fingerprint density at radius 2 is 2.14 bits per heavy atom. The molecule has 1 saturated heterocycles. The molecule has 1 heterocycles. The molecule has 0 bridgehead atoms. The predicted octanol–water partition coefficient (Wildman–Crippen LogP) is 1.94. The second-order valence-corrected chi connectivity index (χ2v) is 5.93. The van der Waals surface area contributed by atoms with Gasteiger partial charge in [-0.15, -0.1) is 0 Å². The van der Waals surface area contributed by atoms with E-state index in [1.54, 1.807) is 12.1 Å². The van der Waals surface area contributed by atoms with E-state index < -0.39 is 0 Å². The number of aryl methyl sites for hydroxylation is 1. The Bertz CT molecular complexity index is 489. The van der Waals surface area contributed by atoms with Crippen LogP contribution in [0.15, 0.2) is 24.3 Å². The standard InChI is InChI=1S/C17H25FN2O2/c1-14(6-7-15-4-3-5-16(18)12-15)19(2)13-17(21)20-8-10-22-11-9-20/h3-5,12,14H,6-11,13H2,1-2H3/t14-/m1/s1. The number of ether oxygens (including phenoxy) is 1. The zero-order chi connectivity index (χ0) is 15.9. The van der Waals surface area contributed by atoms with Crippen LogP contribution < -0.4 is 0 Å². The largest absolute Gasteiger partial charge is 0.378 e. The van der Waals surface area contributed by atoms with Gasteiger partial charge in [0, 0.05) is 19.1 Å². The molecule has 5 heteroatoms. The van der Waals surface area contributed by atoms with Crippen molar-refractivity contribution < 1.29 is 13.9 Å². The minimum Gasteiger partial charge on any atom is -0.378 e. The molecule has 22 heavy (non-hydrogen) atoms. The van der Waals surface area contributed by atoms with Crippen LogP contribution in [0, 0.1) is 5.82 Å². The molecule has 1 aliphatic heterocycles. The summed E-state index contributed by atoms with van der Waals surface area (Å²) in [6, 6.07) is 6.98. The SMILES string of the molecule is C[C@H](CCc1cccc(F)c1)N(C)CC(=O)N1CCOCC1. The first-order chi connectivity index (χ1) is 10.6. The Balaban J connectivity index is 1.76. The molecule has 1 fully saturated rings. The minimum absolute atomic E-state index is 0.156. The van der Waals surface area contributed by atoms with E-state index >= 15 is 0 Å². The first kappa shape index (κ1) is 16.9. The van der Waals surface area contributed by atoms with Crippen molar-refractivity contribution in [1.82, 2.24) is 9.80 Å². The van der Waals surface area contributed by atoms with Gasteiger partial charge < -0.3 is 9.64 Å². The number of rotatable bonds is 6. The summed E-state index contributed by atoms with van der Waals surface area (Å²) in [5.41, 5.74) is 1.000. The molecule has 122 valence electrons. The maximum absolute atomic E-state index is 13.2.